The summed E-state index contributed by atoms with van der Waals surface area (Å²) in [6, 6.07) is 34.9. The van der Waals surface area contributed by atoms with Gasteiger partial charge in [0.1, 0.15) is 40.3 Å². The average Bonchev–Trinajstić information content (AvgIpc) is 3.77. The fourth-order valence-electron chi connectivity index (χ4n) is 6.58. The molecule has 0 aliphatic carbocycles. The highest BCUT2D eigenvalue weighted by Crippen LogP contribution is 2.26. The van der Waals surface area contributed by atoms with Crippen molar-refractivity contribution in [3.8, 4) is 51.3 Å². The fraction of sp³-hybridized carbons (Fsp3) is 0.268. The normalized spacial score (nSPS) is 10.5. The van der Waals surface area contributed by atoms with Crippen LogP contribution in [0.2, 0.25) is 0 Å². The second-order valence-corrected chi connectivity index (χ2v) is 16.3. The maximum Gasteiger partial charge on any atom is 0.241 e. The van der Waals surface area contributed by atoms with E-state index in [4.69, 9.17) is 14.2 Å². The molecule has 14 heteroatoms. The number of ketones is 5. The Morgan fingerprint density at radius 1 is 0.614 bits per heavy atom. The van der Waals surface area contributed by atoms with Crippen molar-refractivity contribution in [2.75, 3.05) is 21.3 Å². The molecule has 2 heterocycles. The number of hydrogen-bond acceptors (Lipinski definition) is 11. The first-order valence-corrected chi connectivity index (χ1v) is 22.3. The van der Waals surface area contributed by atoms with Gasteiger partial charge in [-0.2, -0.15) is 10.2 Å². The van der Waals surface area contributed by atoms with Crippen LogP contribution in [0.5, 0.6) is 28.7 Å². The molecule has 7 rings (SSSR count). The van der Waals surface area contributed by atoms with Crippen LogP contribution >= 0.6 is 0 Å². The van der Waals surface area contributed by atoms with Crippen molar-refractivity contribution in [2.24, 2.45) is 20.0 Å². The van der Waals surface area contributed by atoms with E-state index in [1.807, 2.05) is 54.6 Å². The first kappa shape index (κ1) is 56.2. The van der Waals surface area contributed by atoms with Crippen LogP contribution < -0.4 is 18.9 Å². The summed E-state index contributed by atoms with van der Waals surface area (Å²) < 4.78 is 18.7. The molecule has 1 unspecified atom stereocenters. The van der Waals surface area contributed by atoms with E-state index in [9.17, 15) is 34.2 Å². The van der Waals surface area contributed by atoms with Crippen LogP contribution in [-0.4, -0.2) is 75.3 Å². The zero-order valence-corrected chi connectivity index (χ0v) is 42.3. The minimum absolute atomic E-state index is 0.0354. The lowest BCUT2D eigenvalue weighted by molar-refractivity contribution is -0.717. The molecular formula is C56H65N4O10+. The third kappa shape index (κ3) is 16.6. The van der Waals surface area contributed by atoms with E-state index in [1.54, 1.807) is 132 Å². The molecule has 0 saturated carbocycles. The van der Waals surface area contributed by atoms with Gasteiger partial charge in [0.05, 0.1) is 45.1 Å². The van der Waals surface area contributed by atoms with Crippen molar-refractivity contribution >= 4 is 28.9 Å². The lowest BCUT2D eigenvalue weighted by Gasteiger charge is -2.07. The fourth-order valence-corrected chi connectivity index (χ4v) is 6.58. The lowest BCUT2D eigenvalue weighted by Crippen LogP contribution is -2.32. The van der Waals surface area contributed by atoms with Crippen LogP contribution in [0.1, 0.15) is 87.7 Å². The number of ether oxygens (including phenoxy) is 3. The van der Waals surface area contributed by atoms with Gasteiger partial charge >= 0.3 is 0 Å². The number of nitrogens with zero attached hydrogens (tertiary/aromatic N) is 3. The third-order valence-corrected chi connectivity index (χ3v) is 11.2. The van der Waals surface area contributed by atoms with Crippen LogP contribution in [0.4, 0.5) is 0 Å². The largest absolute Gasteiger partial charge is 0.508 e. The molecule has 0 amide bonds. The number of H-pyrrole nitrogens is 1. The molecule has 0 fully saturated rings. The number of hydrogen-bond donors (Lipinski definition) is 3. The molecule has 0 radical (unpaired) electrons. The second kappa shape index (κ2) is 27.0. The Morgan fingerprint density at radius 3 is 1.37 bits per heavy atom. The predicted molar refractivity (Wildman–Crippen MR) is 271 cm³/mol. The SMILES string of the molecule is COc1ccc(C(=O)C(C)C(C)=O)cc1.COc1ccc(C(=O)CC(C)=O)cc1.COc1ccc(C(C)=O)cc1.Cc1[nH][n+](C)c(-c2ccc(O)cc2)c1C.Cc1c(-c2ccc(O)cc2)nn(C)c1C. The molecule has 0 saturated heterocycles. The number of Topliss-reactive ketones (excluding diaryl/α,β-unsaturated/α-hetero) is 5. The minimum Gasteiger partial charge on any atom is -0.508 e. The van der Waals surface area contributed by atoms with E-state index in [0.29, 0.717) is 33.9 Å². The number of phenolic OH excluding ortho intramolecular Hbond substituents is 2. The second-order valence-electron chi connectivity index (χ2n) is 16.3. The maximum absolute atomic E-state index is 11.7. The van der Waals surface area contributed by atoms with Gasteiger partial charge in [-0.1, -0.05) is 0 Å². The number of aromatic nitrogens is 4. The predicted octanol–water partition coefficient (Wildman–Crippen LogP) is 10.1. The monoisotopic (exact) mass is 953 g/mol. The standard InChI is InChI=1S/2C12H14N2O.C12H14O3.C11H12O3.C9H10O2/c1-8-9(2)14(3)13-12(8)10-4-6-11(15)7-5-10;1-8-9(2)13-14(3)12(8)10-4-6-11(15)7-5-10;1-8(9(2)13)12(14)10-4-6-11(15-3)7-5-10;1-8(12)7-11(13)9-3-5-10(14-2)6-4-9;1-7(10)8-3-5-9(11-2)6-4-8/h4-7,15H,1-3H3;4-7H,1-3H3,(H,13,15);4-8H,1-3H3;3-6H,7H2,1-2H3;3-6H,1-2H3/p+1. The van der Waals surface area contributed by atoms with Crippen LogP contribution in [-0.2, 0) is 23.7 Å². The summed E-state index contributed by atoms with van der Waals surface area (Å²) in [5.74, 6) is 1.72. The molecule has 2 aromatic heterocycles. The number of aromatic hydroxyl groups is 2. The molecule has 5 aromatic carbocycles. The van der Waals surface area contributed by atoms with Crippen molar-refractivity contribution < 1.29 is 53.1 Å². The summed E-state index contributed by atoms with van der Waals surface area (Å²) in [4.78, 5) is 55.7. The van der Waals surface area contributed by atoms with Crippen LogP contribution in [0.15, 0.2) is 121 Å². The van der Waals surface area contributed by atoms with Crippen LogP contribution in [0.25, 0.3) is 22.5 Å². The summed E-state index contributed by atoms with van der Waals surface area (Å²) in [7, 11) is 8.65. The lowest BCUT2D eigenvalue weighted by atomic mass is 9.96. The van der Waals surface area contributed by atoms with Gasteiger partial charge in [-0.25, -0.2) is 0 Å². The molecular weight excluding hydrogens is 889 g/mol. The van der Waals surface area contributed by atoms with E-state index < -0.39 is 5.92 Å². The van der Waals surface area contributed by atoms with Gasteiger partial charge in [0.2, 0.25) is 5.69 Å². The van der Waals surface area contributed by atoms with Gasteiger partial charge in [-0.15, -0.1) is 4.68 Å². The Kier molecular flexibility index (Phi) is 21.7. The Bertz CT molecular complexity index is 2830. The molecule has 0 aliphatic rings. The van der Waals surface area contributed by atoms with Gasteiger partial charge in [-0.3, -0.25) is 28.7 Å². The number of phenols is 2. The highest BCUT2D eigenvalue weighted by molar-refractivity contribution is 6.09. The molecule has 14 nitrogen and oxygen atoms in total. The number of methoxy groups -OCH3 is 3. The number of carbonyl (C=O) groups excluding carboxylic acids is 5. The van der Waals surface area contributed by atoms with Crippen molar-refractivity contribution in [1.82, 2.24) is 14.9 Å². The number of aromatic amines is 1. The summed E-state index contributed by atoms with van der Waals surface area (Å²) in [6.45, 7) is 14.2. The van der Waals surface area contributed by atoms with Crippen LogP contribution in [0, 0.1) is 33.6 Å². The Hall–Kier alpha value is -8.13. The van der Waals surface area contributed by atoms with E-state index in [0.717, 1.165) is 34.0 Å². The van der Waals surface area contributed by atoms with Gasteiger partial charge < -0.3 is 24.4 Å². The Morgan fingerprint density at radius 2 is 1.03 bits per heavy atom. The molecule has 0 spiro atoms. The molecule has 70 heavy (non-hydrogen) atoms. The zero-order valence-electron chi connectivity index (χ0n) is 42.3. The first-order valence-electron chi connectivity index (χ1n) is 22.3. The van der Waals surface area contributed by atoms with E-state index in [1.165, 1.54) is 30.7 Å². The van der Waals surface area contributed by atoms with Gasteiger partial charge in [0.25, 0.3) is 0 Å². The van der Waals surface area contributed by atoms with Gasteiger partial charge in [0.15, 0.2) is 24.4 Å². The van der Waals surface area contributed by atoms with Crippen molar-refractivity contribution in [3.05, 3.63) is 161 Å². The summed E-state index contributed by atoms with van der Waals surface area (Å²) >= 11 is 0. The van der Waals surface area contributed by atoms with Gasteiger partial charge in [0, 0.05) is 46.1 Å². The summed E-state index contributed by atoms with van der Waals surface area (Å²) in [6.07, 6.45) is -0.0354. The number of nitrogens with one attached hydrogen (secondary N) is 1. The Labute approximate surface area is 410 Å². The minimum atomic E-state index is -0.571. The van der Waals surface area contributed by atoms with Crippen LogP contribution in [0.3, 0.4) is 0 Å². The molecule has 0 bridgehead atoms. The number of benzene rings is 5. The summed E-state index contributed by atoms with van der Waals surface area (Å²) in [5, 5.41) is 26.1. The number of carbonyl (C=O) groups is 5. The molecule has 3 N–H and O–H groups in total. The molecule has 0 aliphatic heterocycles. The summed E-state index contributed by atoms with van der Waals surface area (Å²) in [5.41, 5.74) is 10.8. The maximum atomic E-state index is 11.7. The van der Waals surface area contributed by atoms with Crippen molar-refractivity contribution in [3.63, 3.8) is 0 Å². The Balaban J connectivity index is 0.000000232. The smallest absolute Gasteiger partial charge is 0.241 e. The quantitative estimate of drug-likeness (QED) is 0.0600. The zero-order chi connectivity index (χ0) is 52.2. The number of aryl methyl sites for hydroxylation is 3. The molecule has 368 valence electrons. The van der Waals surface area contributed by atoms with Crippen molar-refractivity contribution in [2.45, 2.75) is 61.8 Å². The highest BCUT2D eigenvalue weighted by Gasteiger charge is 2.20. The molecule has 1 atom stereocenters. The first-order chi connectivity index (χ1) is 33.1. The average molecular weight is 954 g/mol. The molecule has 7 aromatic rings. The van der Waals surface area contributed by atoms with E-state index in [-0.39, 0.29) is 41.1 Å². The number of rotatable bonds is 12. The van der Waals surface area contributed by atoms with E-state index in [2.05, 4.69) is 31.0 Å². The highest BCUT2D eigenvalue weighted by atomic mass is 16.5. The topological polar surface area (TPSA) is 191 Å². The van der Waals surface area contributed by atoms with E-state index >= 15 is 0 Å². The van der Waals surface area contributed by atoms with Gasteiger partial charge in [-0.05, 0) is 182 Å². The third-order valence-electron chi connectivity index (χ3n) is 11.2. The van der Waals surface area contributed by atoms with Crippen molar-refractivity contribution in [1.29, 1.82) is 0 Å².